The van der Waals surface area contributed by atoms with Crippen LogP contribution in [0, 0.1) is 24.2 Å². The number of nitrogens with zero attached hydrogens (tertiary/aromatic N) is 2. The van der Waals surface area contributed by atoms with Crippen molar-refractivity contribution >= 4 is 28.3 Å². The Morgan fingerprint density at radius 1 is 1.42 bits per heavy atom. The van der Waals surface area contributed by atoms with Crippen LogP contribution in [-0.2, 0) is 4.79 Å². The Labute approximate surface area is 145 Å². The lowest BCUT2D eigenvalue weighted by molar-refractivity contribution is -0.124. The summed E-state index contributed by atoms with van der Waals surface area (Å²) in [6, 6.07) is 0.287. The number of nitrogens with one attached hydrogen (secondary N) is 1. The number of hydrogen-bond acceptors (Lipinski definition) is 5. The maximum Gasteiger partial charge on any atom is 0.258 e. The van der Waals surface area contributed by atoms with Crippen LogP contribution >= 0.6 is 11.5 Å². The quantitative estimate of drug-likeness (QED) is 0.872. The molecule has 4 rings (SSSR count). The summed E-state index contributed by atoms with van der Waals surface area (Å²) in [5, 5.41) is 3.69. The summed E-state index contributed by atoms with van der Waals surface area (Å²) in [6.45, 7) is 5.50. The van der Waals surface area contributed by atoms with Crippen molar-refractivity contribution in [1.82, 2.24) is 14.6 Å². The molecule has 3 aliphatic rings. The molecule has 2 aliphatic carbocycles. The number of carbonyl (C=O) groups excluding carboxylic acids is 2. The van der Waals surface area contributed by atoms with Gasteiger partial charge in [-0.1, -0.05) is 6.92 Å². The Morgan fingerprint density at radius 3 is 2.71 bits per heavy atom. The molecule has 130 valence electrons. The average Bonchev–Trinajstić information content (AvgIpc) is 2.92. The highest BCUT2D eigenvalue weighted by Gasteiger charge is 2.51. The lowest BCUT2D eigenvalue weighted by Gasteiger charge is -2.45. The van der Waals surface area contributed by atoms with Crippen molar-refractivity contribution in [3.05, 3.63) is 11.3 Å². The summed E-state index contributed by atoms with van der Waals surface area (Å²) >= 11 is 1.19. The van der Waals surface area contributed by atoms with E-state index >= 15 is 0 Å². The highest BCUT2D eigenvalue weighted by molar-refractivity contribution is 7.10. The number of aromatic nitrogens is 1. The summed E-state index contributed by atoms with van der Waals surface area (Å²) in [5.74, 6) is 1.02. The number of amides is 2. The van der Waals surface area contributed by atoms with Gasteiger partial charge >= 0.3 is 0 Å². The molecule has 3 N–H and O–H groups in total. The molecule has 2 heterocycles. The Balaban J connectivity index is 1.33. The largest absolute Gasteiger partial charge is 0.389 e. The van der Waals surface area contributed by atoms with Crippen LogP contribution in [0.15, 0.2) is 0 Å². The van der Waals surface area contributed by atoms with Gasteiger partial charge < -0.3 is 16.0 Å². The molecule has 0 aromatic carbocycles. The molecule has 1 saturated heterocycles. The third-order valence-corrected chi connectivity index (χ3v) is 6.75. The first kappa shape index (κ1) is 15.9. The maximum absolute atomic E-state index is 12.7. The average molecular weight is 348 g/mol. The molecule has 24 heavy (non-hydrogen) atoms. The highest BCUT2D eigenvalue weighted by Crippen LogP contribution is 2.49. The molecular formula is C17H24N4O2S. The molecule has 0 bridgehead atoms. The van der Waals surface area contributed by atoms with Crippen molar-refractivity contribution in [2.75, 3.05) is 18.8 Å². The first-order chi connectivity index (χ1) is 11.4. The number of nitrogen functional groups attached to an aromatic ring is 1. The number of rotatable bonds is 3. The minimum atomic E-state index is 0.00918. The lowest BCUT2D eigenvalue weighted by atomic mass is 9.65. The molecule has 7 heteroatoms. The van der Waals surface area contributed by atoms with Gasteiger partial charge in [-0.15, -0.1) is 0 Å². The number of aryl methyl sites for hydroxylation is 1. The third kappa shape index (κ3) is 2.59. The van der Waals surface area contributed by atoms with Gasteiger partial charge in [0.25, 0.3) is 5.91 Å². The smallest absolute Gasteiger partial charge is 0.258 e. The van der Waals surface area contributed by atoms with E-state index in [1.807, 2.05) is 11.8 Å². The number of nitrogens with two attached hydrogens (primary N) is 1. The third-order valence-electron chi connectivity index (χ3n) is 5.98. The zero-order valence-corrected chi connectivity index (χ0v) is 15.0. The predicted molar refractivity (Wildman–Crippen MR) is 92.7 cm³/mol. The fourth-order valence-electron chi connectivity index (χ4n) is 4.33. The zero-order valence-electron chi connectivity index (χ0n) is 14.2. The van der Waals surface area contributed by atoms with E-state index in [4.69, 9.17) is 5.73 Å². The van der Waals surface area contributed by atoms with Crippen LogP contribution in [-0.4, -0.2) is 40.2 Å². The Bertz CT molecular complexity index is 675. The second kappa shape index (κ2) is 5.44. The van der Waals surface area contributed by atoms with E-state index in [9.17, 15) is 9.59 Å². The van der Waals surface area contributed by atoms with Gasteiger partial charge in [0.2, 0.25) is 5.91 Å². The Morgan fingerprint density at radius 2 is 2.12 bits per heavy atom. The van der Waals surface area contributed by atoms with Crippen LogP contribution < -0.4 is 11.1 Å². The zero-order chi connectivity index (χ0) is 17.1. The predicted octanol–water partition coefficient (Wildman–Crippen LogP) is 1.80. The number of hydrogen-bond donors (Lipinski definition) is 2. The van der Waals surface area contributed by atoms with Crippen LogP contribution in [0.1, 0.15) is 48.7 Å². The summed E-state index contributed by atoms with van der Waals surface area (Å²) in [4.78, 5) is 26.7. The fourth-order valence-corrected chi connectivity index (χ4v) is 4.98. The van der Waals surface area contributed by atoms with Gasteiger partial charge in [0.15, 0.2) is 0 Å². The SMILES string of the molecule is Cc1nsc(N)c1C(=O)N1CCC2(CC(NC(=O)[C@@H]3C[C@H]3C)C2)C1. The van der Waals surface area contributed by atoms with Gasteiger partial charge in [-0.3, -0.25) is 9.59 Å². The lowest BCUT2D eigenvalue weighted by Crippen LogP contribution is -2.52. The van der Waals surface area contributed by atoms with E-state index in [0.29, 0.717) is 16.5 Å². The Kier molecular flexibility index (Phi) is 3.60. The number of anilines is 1. The van der Waals surface area contributed by atoms with Gasteiger partial charge in [-0.2, -0.15) is 4.37 Å². The molecule has 3 fully saturated rings. The summed E-state index contributed by atoms with van der Waals surface area (Å²) < 4.78 is 4.17. The van der Waals surface area contributed by atoms with E-state index in [1.54, 1.807) is 0 Å². The fraction of sp³-hybridized carbons (Fsp3) is 0.706. The summed E-state index contributed by atoms with van der Waals surface area (Å²) in [6.07, 6.45) is 4.02. The number of carbonyl (C=O) groups is 2. The van der Waals surface area contributed by atoms with E-state index in [0.717, 1.165) is 44.5 Å². The van der Waals surface area contributed by atoms with Crippen LogP contribution in [0.2, 0.25) is 0 Å². The van der Waals surface area contributed by atoms with Crippen molar-refractivity contribution in [2.45, 2.75) is 45.6 Å². The number of likely N-dealkylation sites (tertiary alicyclic amines) is 1. The summed E-state index contributed by atoms with van der Waals surface area (Å²) in [5.41, 5.74) is 7.39. The minimum absolute atomic E-state index is 0.00918. The topological polar surface area (TPSA) is 88.3 Å². The van der Waals surface area contributed by atoms with Gasteiger partial charge in [0.05, 0.1) is 11.3 Å². The van der Waals surface area contributed by atoms with Crippen LogP contribution in [0.3, 0.4) is 0 Å². The second-order valence-corrected chi connectivity index (χ2v) is 8.72. The molecule has 2 atom stereocenters. The molecule has 2 amide bonds. The molecule has 1 aromatic rings. The molecule has 6 nitrogen and oxygen atoms in total. The van der Waals surface area contributed by atoms with E-state index in [1.165, 1.54) is 11.5 Å². The van der Waals surface area contributed by atoms with Crippen molar-refractivity contribution in [3.63, 3.8) is 0 Å². The molecule has 1 aliphatic heterocycles. The van der Waals surface area contributed by atoms with Gasteiger partial charge in [0.1, 0.15) is 5.00 Å². The standard InChI is InChI=1S/C17H24N4O2S/c1-9-5-12(9)15(22)19-11-6-17(7-11)3-4-21(8-17)16(23)13-10(2)20-24-14(13)18/h9,11-12H,3-8,18H2,1-2H3,(H,19,22)/t9-,11?,12-,17?/m1/s1. The van der Waals surface area contributed by atoms with Crippen molar-refractivity contribution < 1.29 is 9.59 Å². The van der Waals surface area contributed by atoms with Crippen LogP contribution in [0.25, 0.3) is 0 Å². The second-order valence-electron chi connectivity index (χ2n) is 7.92. The van der Waals surface area contributed by atoms with Crippen LogP contribution in [0.4, 0.5) is 5.00 Å². The maximum atomic E-state index is 12.7. The monoisotopic (exact) mass is 348 g/mol. The minimum Gasteiger partial charge on any atom is -0.389 e. The van der Waals surface area contributed by atoms with Crippen LogP contribution in [0.5, 0.6) is 0 Å². The van der Waals surface area contributed by atoms with Gasteiger partial charge in [-0.25, -0.2) is 0 Å². The molecule has 2 saturated carbocycles. The van der Waals surface area contributed by atoms with Gasteiger partial charge in [-0.05, 0) is 55.5 Å². The molecule has 1 spiro atoms. The van der Waals surface area contributed by atoms with Crippen molar-refractivity contribution in [3.8, 4) is 0 Å². The van der Waals surface area contributed by atoms with Crippen molar-refractivity contribution in [1.29, 1.82) is 0 Å². The molecular weight excluding hydrogens is 324 g/mol. The highest BCUT2D eigenvalue weighted by atomic mass is 32.1. The van der Waals surface area contributed by atoms with E-state index in [2.05, 4.69) is 16.6 Å². The molecule has 1 aromatic heterocycles. The van der Waals surface area contributed by atoms with Crippen molar-refractivity contribution in [2.24, 2.45) is 17.3 Å². The first-order valence-electron chi connectivity index (χ1n) is 8.70. The molecule has 0 unspecified atom stereocenters. The molecule has 0 radical (unpaired) electrons. The Hall–Kier alpha value is -1.63. The van der Waals surface area contributed by atoms with E-state index < -0.39 is 0 Å². The normalized spacial score (nSPS) is 34.2. The first-order valence-corrected chi connectivity index (χ1v) is 9.47. The summed E-state index contributed by atoms with van der Waals surface area (Å²) in [7, 11) is 0. The van der Waals surface area contributed by atoms with Gasteiger partial charge in [0, 0.05) is 25.0 Å². The van der Waals surface area contributed by atoms with E-state index in [-0.39, 0.29) is 29.2 Å².